The quantitative estimate of drug-likeness (QED) is 0.436. The molecule has 1 aliphatic heterocycles. The van der Waals surface area contributed by atoms with Crippen molar-refractivity contribution in [2.45, 2.75) is 13.1 Å². The molecule has 3 aromatic rings. The summed E-state index contributed by atoms with van der Waals surface area (Å²) >= 11 is 3.58. The number of nitrogens with zero attached hydrogens (tertiary/aromatic N) is 3. The molecule has 1 aromatic heterocycles. The number of morpholine rings is 1. The topological polar surface area (TPSA) is 55.5 Å². The van der Waals surface area contributed by atoms with Crippen LogP contribution in [0, 0.1) is 0 Å². The molecular formula is C22H23BrN3O3+. The fourth-order valence-electron chi connectivity index (χ4n) is 3.62. The lowest BCUT2D eigenvalue weighted by atomic mass is 10.1. The summed E-state index contributed by atoms with van der Waals surface area (Å²) in [7, 11) is 1.41. The minimum absolute atomic E-state index is 0.107. The summed E-state index contributed by atoms with van der Waals surface area (Å²) in [5.41, 5.74) is 2.90. The number of benzene rings is 2. The van der Waals surface area contributed by atoms with E-state index in [-0.39, 0.29) is 12.5 Å². The lowest BCUT2D eigenvalue weighted by Crippen LogP contribution is -2.48. The molecule has 2 aromatic carbocycles. The van der Waals surface area contributed by atoms with Crippen LogP contribution >= 0.6 is 15.9 Å². The number of carbonyl (C=O) groups excluding carboxylic acids is 1. The van der Waals surface area contributed by atoms with Gasteiger partial charge in [-0.2, -0.15) is 0 Å². The Hall–Kier alpha value is -2.35. The average Bonchev–Trinajstić information content (AvgIpc) is 2.75. The van der Waals surface area contributed by atoms with E-state index in [0.717, 1.165) is 45.5 Å². The van der Waals surface area contributed by atoms with Crippen LogP contribution in [0.4, 0.5) is 0 Å². The van der Waals surface area contributed by atoms with E-state index in [1.54, 1.807) is 0 Å². The third-order valence-corrected chi connectivity index (χ3v) is 5.57. The first-order valence-electron chi connectivity index (χ1n) is 9.60. The molecule has 0 radical (unpaired) electrons. The molecule has 1 fully saturated rings. The van der Waals surface area contributed by atoms with Gasteiger partial charge in [-0.25, -0.2) is 9.36 Å². The Morgan fingerprint density at radius 1 is 1.21 bits per heavy atom. The largest absolute Gasteiger partial charge is 0.466 e. The van der Waals surface area contributed by atoms with Crippen molar-refractivity contribution in [3.05, 3.63) is 58.8 Å². The average molecular weight is 457 g/mol. The van der Waals surface area contributed by atoms with E-state index in [1.807, 2.05) is 34.9 Å². The van der Waals surface area contributed by atoms with Crippen molar-refractivity contribution in [2.24, 2.45) is 0 Å². The zero-order valence-electron chi connectivity index (χ0n) is 16.3. The highest BCUT2D eigenvalue weighted by Gasteiger charge is 2.28. The molecule has 0 unspecified atom stereocenters. The highest BCUT2D eigenvalue weighted by Crippen LogP contribution is 2.28. The first-order valence-corrected chi connectivity index (χ1v) is 10.4. The van der Waals surface area contributed by atoms with E-state index in [2.05, 4.69) is 39.0 Å². The second-order valence-corrected chi connectivity index (χ2v) is 7.87. The lowest BCUT2D eigenvalue weighted by Gasteiger charge is -2.25. The fourth-order valence-corrected chi connectivity index (χ4v) is 3.98. The first kappa shape index (κ1) is 19.9. The molecule has 1 saturated heterocycles. The van der Waals surface area contributed by atoms with Crippen LogP contribution in [0.15, 0.2) is 53.0 Å². The van der Waals surface area contributed by atoms with Gasteiger partial charge in [0.1, 0.15) is 12.2 Å². The number of aromatic nitrogens is 2. The molecule has 2 heterocycles. The molecule has 1 aliphatic rings. The molecule has 0 spiro atoms. The molecule has 29 heavy (non-hydrogen) atoms. The number of rotatable bonds is 5. The van der Waals surface area contributed by atoms with Crippen LogP contribution in [0.5, 0.6) is 0 Å². The third kappa shape index (κ3) is 4.47. The van der Waals surface area contributed by atoms with E-state index in [1.165, 1.54) is 7.11 Å². The standard InChI is InChI=1S/C22H23BrN3O3/c1-28-21(27)15-26-20(14-25-9-11-29-12-10-25)24-19-8-7-17(23)13-18(19)22(26)16-5-3-2-4-6-16/h2-8,13H,9-12,14-15H2,1H3/q+1. The predicted octanol–water partition coefficient (Wildman–Crippen LogP) is 2.96. The van der Waals surface area contributed by atoms with Gasteiger partial charge in [0.05, 0.1) is 25.7 Å². The summed E-state index contributed by atoms with van der Waals surface area (Å²) in [6, 6.07) is 16.2. The van der Waals surface area contributed by atoms with Crippen LogP contribution in [0.2, 0.25) is 0 Å². The van der Waals surface area contributed by atoms with Gasteiger partial charge in [0.25, 0.3) is 0 Å². The summed E-state index contributed by atoms with van der Waals surface area (Å²) in [6.07, 6.45) is 0. The van der Waals surface area contributed by atoms with E-state index >= 15 is 0 Å². The van der Waals surface area contributed by atoms with Crippen molar-refractivity contribution in [1.82, 2.24) is 9.88 Å². The van der Waals surface area contributed by atoms with Gasteiger partial charge in [-0.1, -0.05) is 46.3 Å². The van der Waals surface area contributed by atoms with Crippen LogP contribution in [-0.2, 0) is 27.4 Å². The first-order chi connectivity index (χ1) is 14.2. The maximum Gasteiger partial charge on any atom is 0.348 e. The Kier molecular flexibility index (Phi) is 6.18. The lowest BCUT2D eigenvalue weighted by molar-refractivity contribution is -0.685. The number of hydrogen-bond donors (Lipinski definition) is 0. The molecule has 0 amide bonds. The van der Waals surface area contributed by atoms with Gasteiger partial charge >= 0.3 is 11.8 Å². The minimum Gasteiger partial charge on any atom is -0.466 e. The summed E-state index contributed by atoms with van der Waals surface area (Å²) in [4.78, 5) is 19.5. The summed E-state index contributed by atoms with van der Waals surface area (Å²) in [5.74, 6) is 0.539. The molecule has 7 heteroatoms. The van der Waals surface area contributed by atoms with Gasteiger partial charge in [-0.3, -0.25) is 4.90 Å². The molecule has 0 bridgehead atoms. The van der Waals surface area contributed by atoms with E-state index in [4.69, 9.17) is 14.5 Å². The van der Waals surface area contributed by atoms with Crippen molar-refractivity contribution < 1.29 is 18.8 Å². The number of carbonyl (C=O) groups is 1. The van der Waals surface area contributed by atoms with Crippen molar-refractivity contribution >= 4 is 32.8 Å². The molecule has 150 valence electrons. The number of esters is 1. The number of halogens is 1. The SMILES string of the molecule is COC(=O)C[n+]1c(CN2CCOCC2)nc2ccc(Br)cc2c1-c1ccccc1. The number of ether oxygens (including phenoxy) is 2. The van der Waals surface area contributed by atoms with Crippen LogP contribution in [0.25, 0.3) is 22.2 Å². The van der Waals surface area contributed by atoms with E-state index in [0.29, 0.717) is 19.8 Å². The molecule has 4 rings (SSSR count). The number of fused-ring (bicyclic) bond motifs is 1. The Morgan fingerprint density at radius 2 is 1.97 bits per heavy atom. The monoisotopic (exact) mass is 456 g/mol. The third-order valence-electron chi connectivity index (χ3n) is 5.08. The van der Waals surface area contributed by atoms with Crippen molar-refractivity contribution in [3.63, 3.8) is 0 Å². The zero-order chi connectivity index (χ0) is 20.2. The predicted molar refractivity (Wildman–Crippen MR) is 113 cm³/mol. The van der Waals surface area contributed by atoms with Crippen molar-refractivity contribution in [1.29, 1.82) is 0 Å². The highest BCUT2D eigenvalue weighted by atomic mass is 79.9. The molecule has 6 nitrogen and oxygen atoms in total. The molecule has 0 aliphatic carbocycles. The van der Waals surface area contributed by atoms with Crippen LogP contribution in [0.3, 0.4) is 0 Å². The Labute approximate surface area is 178 Å². The van der Waals surface area contributed by atoms with Gasteiger partial charge in [0.2, 0.25) is 0 Å². The fraction of sp³-hybridized carbons (Fsp3) is 0.318. The van der Waals surface area contributed by atoms with Gasteiger partial charge < -0.3 is 9.47 Å². The summed E-state index contributed by atoms with van der Waals surface area (Å²) in [6.45, 7) is 3.87. The molecule has 0 atom stereocenters. The number of methoxy groups -OCH3 is 1. The van der Waals surface area contributed by atoms with Crippen LogP contribution in [0.1, 0.15) is 5.82 Å². The van der Waals surface area contributed by atoms with Crippen LogP contribution < -0.4 is 4.57 Å². The summed E-state index contributed by atoms with van der Waals surface area (Å²) < 4.78 is 13.4. The Bertz CT molecular complexity index is 1020. The normalized spacial score (nSPS) is 14.8. The zero-order valence-corrected chi connectivity index (χ0v) is 17.9. The smallest absolute Gasteiger partial charge is 0.348 e. The Balaban J connectivity index is 1.93. The van der Waals surface area contributed by atoms with Gasteiger partial charge in [0.15, 0.2) is 12.1 Å². The van der Waals surface area contributed by atoms with Gasteiger partial charge in [-0.05, 0) is 23.2 Å². The summed E-state index contributed by atoms with van der Waals surface area (Å²) in [5, 5.41) is 0.986. The van der Waals surface area contributed by atoms with Crippen molar-refractivity contribution in [3.8, 4) is 11.3 Å². The van der Waals surface area contributed by atoms with Crippen LogP contribution in [-0.4, -0.2) is 49.3 Å². The van der Waals surface area contributed by atoms with E-state index in [9.17, 15) is 4.79 Å². The second kappa shape index (κ2) is 8.98. The van der Waals surface area contributed by atoms with Crippen molar-refractivity contribution in [2.75, 3.05) is 33.4 Å². The maximum atomic E-state index is 12.3. The maximum absolute atomic E-state index is 12.3. The van der Waals surface area contributed by atoms with E-state index < -0.39 is 0 Å². The highest BCUT2D eigenvalue weighted by molar-refractivity contribution is 9.10. The Morgan fingerprint density at radius 3 is 2.69 bits per heavy atom. The second-order valence-electron chi connectivity index (χ2n) is 6.95. The van der Waals surface area contributed by atoms with Gasteiger partial charge in [-0.15, -0.1) is 0 Å². The van der Waals surface area contributed by atoms with Gasteiger partial charge in [0, 0.05) is 23.1 Å². The minimum atomic E-state index is -0.299. The molecular weight excluding hydrogens is 434 g/mol. The molecule has 0 N–H and O–H groups in total. The number of hydrogen-bond acceptors (Lipinski definition) is 5. The molecule has 0 saturated carbocycles.